The van der Waals surface area contributed by atoms with Crippen molar-refractivity contribution in [3.63, 3.8) is 0 Å². The molecule has 17 heteroatoms. The van der Waals surface area contributed by atoms with Crippen LogP contribution in [0.3, 0.4) is 0 Å². The van der Waals surface area contributed by atoms with Gasteiger partial charge in [-0.15, -0.1) is 0 Å². The third-order valence-corrected chi connectivity index (χ3v) is 5.94. The molecule has 0 aliphatic heterocycles. The van der Waals surface area contributed by atoms with Crippen LogP contribution in [0.4, 0.5) is 0 Å². The number of nitrogens with one attached hydrogen (secondary N) is 3. The van der Waals surface area contributed by atoms with Crippen LogP contribution in [0.5, 0.6) is 0 Å². The van der Waals surface area contributed by atoms with Crippen LogP contribution < -0.4 is 44.6 Å². The average Bonchev–Trinajstić information content (AvgIpc) is 2.87. The third kappa shape index (κ3) is 15.3. The van der Waals surface area contributed by atoms with E-state index in [1.54, 1.807) is 13.8 Å². The summed E-state index contributed by atoms with van der Waals surface area (Å²) in [6.07, 6.45) is 0.578. The third-order valence-electron chi connectivity index (χ3n) is 5.94. The monoisotopic (exact) mass is 572 g/mol. The fourth-order valence-corrected chi connectivity index (χ4v) is 3.44. The van der Waals surface area contributed by atoms with Gasteiger partial charge in [-0.05, 0) is 38.0 Å². The number of aliphatic imine (C=N–C) groups is 2. The first kappa shape index (κ1) is 35.9. The largest absolute Gasteiger partial charge is 0.481 e. The highest BCUT2D eigenvalue weighted by Gasteiger charge is 2.32. The molecule has 40 heavy (non-hydrogen) atoms. The molecule has 0 heterocycles. The Labute approximate surface area is 232 Å². The van der Waals surface area contributed by atoms with Crippen molar-refractivity contribution in [1.29, 1.82) is 0 Å². The summed E-state index contributed by atoms with van der Waals surface area (Å²) in [5.74, 6) is -5.45. The predicted octanol–water partition coefficient (Wildman–Crippen LogP) is -3.13. The van der Waals surface area contributed by atoms with E-state index in [-0.39, 0.29) is 50.7 Å². The minimum atomic E-state index is -1.32. The Morgan fingerprint density at radius 2 is 1.27 bits per heavy atom. The van der Waals surface area contributed by atoms with E-state index in [1.165, 1.54) is 0 Å². The fraction of sp³-hybridized carbons (Fsp3) is 0.696. The Bertz CT molecular complexity index is 920. The van der Waals surface area contributed by atoms with Gasteiger partial charge in [0, 0.05) is 19.5 Å². The minimum absolute atomic E-state index is 0.0252. The van der Waals surface area contributed by atoms with Gasteiger partial charge in [0.05, 0.1) is 6.04 Å². The van der Waals surface area contributed by atoms with E-state index in [2.05, 4.69) is 25.9 Å². The Balaban J connectivity index is 5.53. The standard InChI is InChI=1S/C23H44N10O7/c1-3-12(2)17(20(38)32-15(21(39)40)7-5-11-30-23(27)28)33-19(37)14(8-9-16(34)35)31-18(36)13(24)6-4-10-29-22(25)26/h12-15,17H,3-11,24H2,1-2H3,(H,31,36)(H,32,38)(H,33,37)(H,34,35)(H,39,40)(H4,25,26,29)(H4,27,28,30). The zero-order valence-electron chi connectivity index (χ0n) is 23.0. The first-order chi connectivity index (χ1) is 18.7. The topological polar surface area (TPSA) is 317 Å². The van der Waals surface area contributed by atoms with E-state index < -0.39 is 66.2 Å². The van der Waals surface area contributed by atoms with Crippen LogP contribution in [0, 0.1) is 5.92 Å². The molecule has 0 aromatic carbocycles. The van der Waals surface area contributed by atoms with Crippen LogP contribution in [0.2, 0.25) is 0 Å². The van der Waals surface area contributed by atoms with E-state index >= 15 is 0 Å². The van der Waals surface area contributed by atoms with Crippen LogP contribution in [0.1, 0.15) is 58.8 Å². The average molecular weight is 573 g/mol. The molecular formula is C23H44N10O7. The Kier molecular flexibility index (Phi) is 17.0. The summed E-state index contributed by atoms with van der Waals surface area (Å²) in [4.78, 5) is 69.2. The maximum atomic E-state index is 13.1. The molecule has 0 aliphatic carbocycles. The number of carbonyl (C=O) groups excluding carboxylic acids is 3. The summed E-state index contributed by atoms with van der Waals surface area (Å²) in [5.41, 5.74) is 26.9. The number of guanidine groups is 2. The maximum Gasteiger partial charge on any atom is 0.326 e. The van der Waals surface area contributed by atoms with Crippen LogP contribution in [0.25, 0.3) is 0 Å². The van der Waals surface area contributed by atoms with E-state index in [4.69, 9.17) is 33.8 Å². The molecule has 17 nitrogen and oxygen atoms in total. The number of nitrogens with two attached hydrogens (primary N) is 5. The lowest BCUT2D eigenvalue weighted by Crippen LogP contribution is -2.58. The van der Waals surface area contributed by atoms with Gasteiger partial charge in [-0.3, -0.25) is 29.2 Å². The lowest BCUT2D eigenvalue weighted by molar-refractivity contribution is -0.143. The van der Waals surface area contributed by atoms with Crippen molar-refractivity contribution in [2.45, 2.75) is 83.0 Å². The smallest absolute Gasteiger partial charge is 0.326 e. The minimum Gasteiger partial charge on any atom is -0.481 e. The summed E-state index contributed by atoms with van der Waals surface area (Å²) in [6, 6.07) is -4.79. The van der Waals surface area contributed by atoms with Crippen molar-refractivity contribution in [1.82, 2.24) is 16.0 Å². The number of aliphatic carboxylic acids is 2. The zero-order chi connectivity index (χ0) is 30.8. The zero-order valence-corrected chi connectivity index (χ0v) is 23.0. The van der Waals surface area contributed by atoms with E-state index in [0.29, 0.717) is 12.8 Å². The van der Waals surface area contributed by atoms with Gasteiger partial charge < -0.3 is 54.8 Å². The number of amides is 3. The van der Waals surface area contributed by atoms with E-state index in [9.17, 15) is 29.1 Å². The quantitative estimate of drug-likeness (QED) is 0.0393. The highest BCUT2D eigenvalue weighted by Crippen LogP contribution is 2.11. The molecule has 0 aliphatic rings. The molecular weight excluding hydrogens is 528 g/mol. The summed E-state index contributed by atoms with van der Waals surface area (Å²) in [5, 5.41) is 26.0. The van der Waals surface area contributed by atoms with Crippen LogP contribution in [-0.4, -0.2) is 89.0 Å². The number of carbonyl (C=O) groups is 5. The molecule has 228 valence electrons. The molecule has 0 fully saturated rings. The number of nitrogens with zero attached hydrogens (tertiary/aromatic N) is 2. The number of rotatable bonds is 20. The van der Waals surface area contributed by atoms with Crippen molar-refractivity contribution in [2.75, 3.05) is 13.1 Å². The van der Waals surface area contributed by atoms with Crippen molar-refractivity contribution in [2.24, 2.45) is 44.6 Å². The van der Waals surface area contributed by atoms with Crippen molar-refractivity contribution in [3.8, 4) is 0 Å². The fourth-order valence-electron chi connectivity index (χ4n) is 3.44. The summed E-state index contributed by atoms with van der Waals surface area (Å²) >= 11 is 0. The molecule has 0 aromatic rings. The van der Waals surface area contributed by atoms with E-state index in [1.807, 2.05) is 0 Å². The van der Waals surface area contributed by atoms with Crippen LogP contribution in [-0.2, 0) is 24.0 Å². The summed E-state index contributed by atoms with van der Waals surface area (Å²) in [6.45, 7) is 3.85. The molecule has 0 aromatic heterocycles. The highest BCUT2D eigenvalue weighted by atomic mass is 16.4. The molecule has 3 amide bonds. The van der Waals surface area contributed by atoms with Gasteiger partial charge in [-0.2, -0.15) is 0 Å². The van der Waals surface area contributed by atoms with Crippen LogP contribution >= 0.6 is 0 Å². The van der Waals surface area contributed by atoms with E-state index in [0.717, 1.165) is 0 Å². The second-order valence-electron chi connectivity index (χ2n) is 9.27. The number of carboxylic acid groups (broad SMARTS) is 2. The highest BCUT2D eigenvalue weighted by molar-refractivity contribution is 5.94. The molecule has 0 bridgehead atoms. The molecule has 15 N–H and O–H groups in total. The van der Waals surface area contributed by atoms with Gasteiger partial charge in [-0.1, -0.05) is 20.3 Å². The van der Waals surface area contributed by atoms with Crippen molar-refractivity contribution in [3.05, 3.63) is 0 Å². The lowest BCUT2D eigenvalue weighted by atomic mass is 9.96. The SMILES string of the molecule is CCC(C)C(NC(=O)C(CCC(=O)O)NC(=O)C(N)CCCN=C(N)N)C(=O)NC(CCCN=C(N)N)C(=O)O. The molecule has 0 spiro atoms. The summed E-state index contributed by atoms with van der Waals surface area (Å²) < 4.78 is 0. The van der Waals surface area contributed by atoms with Gasteiger partial charge in [-0.25, -0.2) is 4.79 Å². The first-order valence-corrected chi connectivity index (χ1v) is 12.9. The molecule has 0 radical (unpaired) electrons. The summed E-state index contributed by atoms with van der Waals surface area (Å²) in [7, 11) is 0. The molecule has 0 saturated carbocycles. The van der Waals surface area contributed by atoms with Gasteiger partial charge in [0.2, 0.25) is 17.7 Å². The van der Waals surface area contributed by atoms with Crippen LogP contribution in [0.15, 0.2) is 9.98 Å². The molecule has 0 rings (SSSR count). The normalized spacial score (nSPS) is 14.4. The number of hydrogen-bond donors (Lipinski definition) is 10. The Morgan fingerprint density at radius 1 is 0.750 bits per heavy atom. The number of hydrogen-bond acceptors (Lipinski definition) is 8. The lowest BCUT2D eigenvalue weighted by Gasteiger charge is -2.28. The van der Waals surface area contributed by atoms with Crippen molar-refractivity contribution < 1.29 is 34.2 Å². The van der Waals surface area contributed by atoms with Gasteiger partial charge in [0.15, 0.2) is 11.9 Å². The maximum absolute atomic E-state index is 13.1. The van der Waals surface area contributed by atoms with Gasteiger partial charge >= 0.3 is 11.9 Å². The van der Waals surface area contributed by atoms with Gasteiger partial charge in [0.1, 0.15) is 18.1 Å². The van der Waals surface area contributed by atoms with Crippen molar-refractivity contribution >= 4 is 41.6 Å². The second-order valence-corrected chi connectivity index (χ2v) is 9.27. The Morgan fingerprint density at radius 3 is 1.75 bits per heavy atom. The molecule has 5 atom stereocenters. The first-order valence-electron chi connectivity index (χ1n) is 12.9. The number of carboxylic acids is 2. The molecule has 5 unspecified atom stereocenters. The molecule has 0 saturated heterocycles. The second kappa shape index (κ2) is 19.0. The Hall–Kier alpha value is -4.15. The van der Waals surface area contributed by atoms with Gasteiger partial charge in [0.25, 0.3) is 0 Å². The predicted molar refractivity (Wildman–Crippen MR) is 148 cm³/mol.